The van der Waals surface area contributed by atoms with E-state index in [0.29, 0.717) is 16.5 Å². The van der Waals surface area contributed by atoms with E-state index < -0.39 is 10.0 Å². The molecule has 0 aromatic heterocycles. The normalized spacial score (nSPS) is 11.2. The van der Waals surface area contributed by atoms with Gasteiger partial charge in [-0.1, -0.05) is 35.9 Å². The van der Waals surface area contributed by atoms with Gasteiger partial charge in [0, 0.05) is 11.1 Å². The van der Waals surface area contributed by atoms with Crippen molar-refractivity contribution in [1.29, 1.82) is 0 Å². The van der Waals surface area contributed by atoms with Crippen molar-refractivity contribution < 1.29 is 13.2 Å². The van der Waals surface area contributed by atoms with E-state index in [-0.39, 0.29) is 6.54 Å². The zero-order valence-electron chi connectivity index (χ0n) is 11.8. The minimum atomic E-state index is -3.44. The fourth-order valence-corrected chi connectivity index (χ4v) is 3.01. The van der Waals surface area contributed by atoms with Crippen LogP contribution in [0.15, 0.2) is 48.5 Å². The molecule has 0 unspecified atom stereocenters. The van der Waals surface area contributed by atoms with E-state index in [4.69, 9.17) is 16.3 Å². The lowest BCUT2D eigenvalue weighted by atomic mass is 10.2. The maximum atomic E-state index is 12.1. The zero-order chi connectivity index (χ0) is 15.5. The maximum absolute atomic E-state index is 12.1. The third-order valence-corrected chi connectivity index (χ3v) is 4.52. The van der Waals surface area contributed by atoms with Gasteiger partial charge in [-0.15, -0.1) is 0 Å². The van der Waals surface area contributed by atoms with Gasteiger partial charge in [-0.25, -0.2) is 8.42 Å². The second-order valence-electron chi connectivity index (χ2n) is 4.56. The van der Waals surface area contributed by atoms with Crippen molar-refractivity contribution in [3.63, 3.8) is 0 Å². The predicted molar refractivity (Wildman–Crippen MR) is 85.5 cm³/mol. The lowest BCUT2D eigenvalue weighted by Crippen LogP contribution is -2.29. The van der Waals surface area contributed by atoms with E-state index in [1.807, 2.05) is 12.1 Å². The van der Waals surface area contributed by atoms with Gasteiger partial charge < -0.3 is 4.74 Å². The van der Waals surface area contributed by atoms with E-state index in [0.717, 1.165) is 5.56 Å². The largest absolute Gasteiger partial charge is 0.497 e. The molecule has 21 heavy (non-hydrogen) atoms. The first kappa shape index (κ1) is 15.7. The quantitative estimate of drug-likeness (QED) is 0.847. The molecule has 0 saturated carbocycles. The Hall–Kier alpha value is -1.72. The molecule has 2 rings (SSSR count). The van der Waals surface area contributed by atoms with Crippen LogP contribution in [-0.4, -0.2) is 21.8 Å². The lowest BCUT2D eigenvalue weighted by Gasteiger charge is -2.23. The van der Waals surface area contributed by atoms with Gasteiger partial charge in [0.15, 0.2) is 0 Å². The Kier molecular flexibility index (Phi) is 4.75. The molecule has 0 fully saturated rings. The number of methoxy groups -OCH3 is 1. The van der Waals surface area contributed by atoms with Crippen molar-refractivity contribution in [3.8, 4) is 5.75 Å². The Bertz CT molecular complexity index is 731. The van der Waals surface area contributed by atoms with Gasteiger partial charge in [0.05, 0.1) is 25.6 Å². The highest BCUT2D eigenvalue weighted by Gasteiger charge is 2.19. The van der Waals surface area contributed by atoms with Gasteiger partial charge in [-0.05, 0) is 23.8 Å². The van der Waals surface area contributed by atoms with Crippen molar-refractivity contribution in [2.24, 2.45) is 0 Å². The predicted octanol–water partition coefficient (Wildman–Crippen LogP) is 3.31. The molecule has 0 aliphatic rings. The molecule has 0 bridgehead atoms. The van der Waals surface area contributed by atoms with Crippen LogP contribution in [0.3, 0.4) is 0 Å². The molecule has 0 amide bonds. The highest BCUT2D eigenvalue weighted by molar-refractivity contribution is 7.92. The van der Waals surface area contributed by atoms with Gasteiger partial charge in [-0.2, -0.15) is 0 Å². The van der Waals surface area contributed by atoms with Gasteiger partial charge in [0.1, 0.15) is 5.75 Å². The number of nitrogens with zero attached hydrogens (tertiary/aromatic N) is 1. The average Bonchev–Trinajstić information content (AvgIpc) is 2.45. The second kappa shape index (κ2) is 6.37. The highest BCUT2D eigenvalue weighted by atomic mass is 35.5. The summed E-state index contributed by atoms with van der Waals surface area (Å²) in [6.07, 6.45) is 1.17. The van der Waals surface area contributed by atoms with Crippen LogP contribution < -0.4 is 9.04 Å². The van der Waals surface area contributed by atoms with Crippen molar-refractivity contribution >= 4 is 27.3 Å². The first-order chi connectivity index (χ1) is 9.91. The summed E-state index contributed by atoms with van der Waals surface area (Å²) in [6, 6.07) is 14.1. The van der Waals surface area contributed by atoms with Gasteiger partial charge in [0.25, 0.3) is 0 Å². The van der Waals surface area contributed by atoms with Crippen molar-refractivity contribution in [1.82, 2.24) is 0 Å². The molecule has 0 aliphatic heterocycles. The Balaban J connectivity index is 2.42. The first-order valence-corrected chi connectivity index (χ1v) is 8.49. The summed E-state index contributed by atoms with van der Waals surface area (Å²) in [7, 11) is -1.90. The third kappa shape index (κ3) is 3.89. The molecule has 112 valence electrons. The molecule has 6 heteroatoms. The minimum Gasteiger partial charge on any atom is -0.497 e. The number of hydrogen-bond donors (Lipinski definition) is 0. The Morgan fingerprint density at radius 1 is 1.14 bits per heavy atom. The van der Waals surface area contributed by atoms with Crippen LogP contribution in [0.4, 0.5) is 5.69 Å². The SMILES string of the molecule is COc1cccc(N(Cc2ccccc2Cl)S(C)(=O)=O)c1. The van der Waals surface area contributed by atoms with Crippen LogP contribution >= 0.6 is 11.6 Å². The fourth-order valence-electron chi connectivity index (χ4n) is 1.95. The number of benzene rings is 2. The smallest absolute Gasteiger partial charge is 0.232 e. The van der Waals surface area contributed by atoms with Crippen LogP contribution in [0, 0.1) is 0 Å². The number of anilines is 1. The van der Waals surface area contributed by atoms with Crippen molar-refractivity contribution in [2.75, 3.05) is 17.7 Å². The maximum Gasteiger partial charge on any atom is 0.232 e. The molecule has 0 spiro atoms. The Labute approximate surface area is 130 Å². The van der Waals surface area contributed by atoms with Crippen LogP contribution in [-0.2, 0) is 16.6 Å². The van der Waals surface area contributed by atoms with Crippen LogP contribution in [0.1, 0.15) is 5.56 Å². The summed E-state index contributed by atoms with van der Waals surface area (Å²) < 4.78 is 30.6. The molecule has 0 saturated heterocycles. The molecular weight excluding hydrogens is 310 g/mol. The summed E-state index contributed by atoms with van der Waals surface area (Å²) in [6.45, 7) is 0.172. The summed E-state index contributed by atoms with van der Waals surface area (Å²) >= 11 is 6.12. The Morgan fingerprint density at radius 3 is 2.48 bits per heavy atom. The van der Waals surface area contributed by atoms with Crippen molar-refractivity contribution in [2.45, 2.75) is 6.54 Å². The number of rotatable bonds is 5. The number of hydrogen-bond acceptors (Lipinski definition) is 3. The summed E-state index contributed by atoms with van der Waals surface area (Å²) in [4.78, 5) is 0. The van der Waals surface area contributed by atoms with Gasteiger partial charge >= 0.3 is 0 Å². The summed E-state index contributed by atoms with van der Waals surface area (Å²) in [5, 5.41) is 0.536. The van der Waals surface area contributed by atoms with E-state index in [9.17, 15) is 8.42 Å². The number of halogens is 1. The molecule has 0 N–H and O–H groups in total. The minimum absolute atomic E-state index is 0.172. The third-order valence-electron chi connectivity index (χ3n) is 3.01. The molecule has 4 nitrogen and oxygen atoms in total. The standard InChI is InChI=1S/C15H16ClNO3S/c1-20-14-8-5-7-13(10-14)17(21(2,18)19)11-12-6-3-4-9-15(12)16/h3-10H,11H2,1-2H3. The van der Waals surface area contributed by atoms with Gasteiger partial charge in [-0.3, -0.25) is 4.31 Å². The second-order valence-corrected chi connectivity index (χ2v) is 6.88. The highest BCUT2D eigenvalue weighted by Crippen LogP contribution is 2.26. The molecule has 0 heterocycles. The number of ether oxygens (including phenoxy) is 1. The zero-order valence-corrected chi connectivity index (χ0v) is 13.4. The summed E-state index contributed by atoms with van der Waals surface area (Å²) in [5.41, 5.74) is 1.28. The Morgan fingerprint density at radius 2 is 1.86 bits per heavy atom. The molecular formula is C15H16ClNO3S. The van der Waals surface area contributed by atoms with E-state index >= 15 is 0 Å². The number of sulfonamides is 1. The molecule has 0 atom stereocenters. The first-order valence-electron chi connectivity index (χ1n) is 6.27. The fraction of sp³-hybridized carbons (Fsp3) is 0.200. The van der Waals surface area contributed by atoms with E-state index in [1.165, 1.54) is 17.7 Å². The average molecular weight is 326 g/mol. The van der Waals surface area contributed by atoms with E-state index in [1.54, 1.807) is 36.4 Å². The van der Waals surface area contributed by atoms with Crippen molar-refractivity contribution in [3.05, 3.63) is 59.1 Å². The lowest BCUT2D eigenvalue weighted by molar-refractivity contribution is 0.415. The molecule has 0 radical (unpaired) electrons. The van der Waals surface area contributed by atoms with E-state index in [2.05, 4.69) is 0 Å². The molecule has 0 aliphatic carbocycles. The van der Waals surface area contributed by atoms with Crippen LogP contribution in [0.2, 0.25) is 5.02 Å². The van der Waals surface area contributed by atoms with Crippen LogP contribution in [0.25, 0.3) is 0 Å². The summed E-state index contributed by atoms with van der Waals surface area (Å²) in [5.74, 6) is 0.598. The topological polar surface area (TPSA) is 46.6 Å². The monoisotopic (exact) mass is 325 g/mol. The molecule has 2 aromatic rings. The molecule has 2 aromatic carbocycles. The van der Waals surface area contributed by atoms with Crippen LogP contribution in [0.5, 0.6) is 5.75 Å². The van der Waals surface area contributed by atoms with Gasteiger partial charge in [0.2, 0.25) is 10.0 Å².